The number of benzene rings is 1. The van der Waals surface area contributed by atoms with Gasteiger partial charge in [0.25, 0.3) is 0 Å². The first kappa shape index (κ1) is 19.5. The van der Waals surface area contributed by atoms with Gasteiger partial charge in [0.1, 0.15) is 0 Å². The molecule has 1 saturated heterocycles. The first-order chi connectivity index (χ1) is 11.7. The average Bonchev–Trinajstić information content (AvgIpc) is 3.08. The predicted octanol–water partition coefficient (Wildman–Crippen LogP) is 2.95. The number of aryl methyl sites for hydroxylation is 1. The van der Waals surface area contributed by atoms with Crippen LogP contribution in [0.25, 0.3) is 0 Å². The van der Waals surface area contributed by atoms with E-state index in [1.807, 2.05) is 24.4 Å². The Kier molecular flexibility index (Phi) is 7.49. The van der Waals surface area contributed by atoms with Gasteiger partial charge in [0.2, 0.25) is 0 Å². The van der Waals surface area contributed by atoms with Crippen molar-refractivity contribution in [3.8, 4) is 0 Å². The molecule has 1 fully saturated rings. The maximum atomic E-state index is 4.32. The van der Waals surface area contributed by atoms with Crippen LogP contribution in [0.3, 0.4) is 0 Å². The van der Waals surface area contributed by atoms with Gasteiger partial charge in [-0.15, -0.1) is 24.0 Å². The van der Waals surface area contributed by atoms with Crippen molar-refractivity contribution < 1.29 is 0 Å². The highest BCUT2D eigenvalue weighted by atomic mass is 127. The fourth-order valence-electron chi connectivity index (χ4n) is 2.93. The average molecular weight is 451 g/mol. The van der Waals surface area contributed by atoms with Crippen molar-refractivity contribution >= 4 is 35.6 Å². The van der Waals surface area contributed by atoms with Crippen LogP contribution in [-0.2, 0) is 6.54 Å². The highest BCUT2D eigenvalue weighted by Crippen LogP contribution is 2.20. The summed E-state index contributed by atoms with van der Waals surface area (Å²) in [6.07, 6.45) is 2.92. The number of rotatable bonds is 4. The maximum absolute atomic E-state index is 4.32. The van der Waals surface area contributed by atoms with Gasteiger partial charge in [0, 0.05) is 38.1 Å². The molecule has 1 aliphatic heterocycles. The van der Waals surface area contributed by atoms with E-state index >= 15 is 0 Å². The first-order valence-electron chi connectivity index (χ1n) is 8.43. The third-order valence-corrected chi connectivity index (χ3v) is 4.31. The lowest BCUT2D eigenvalue weighted by Crippen LogP contribution is -2.44. The van der Waals surface area contributed by atoms with Crippen LogP contribution in [0.2, 0.25) is 0 Å². The molecular formula is C19H26IN5. The van der Waals surface area contributed by atoms with Crippen LogP contribution in [0.5, 0.6) is 0 Å². The summed E-state index contributed by atoms with van der Waals surface area (Å²) in [5.41, 5.74) is 3.60. The van der Waals surface area contributed by atoms with Gasteiger partial charge in [-0.2, -0.15) is 0 Å². The van der Waals surface area contributed by atoms with Gasteiger partial charge in [0.15, 0.2) is 5.96 Å². The Morgan fingerprint density at radius 2 is 2.04 bits per heavy atom. The normalized spacial score (nSPS) is 17.1. The molecule has 5 nitrogen and oxygen atoms in total. The van der Waals surface area contributed by atoms with Gasteiger partial charge in [-0.25, -0.2) is 0 Å². The topological polar surface area (TPSA) is 52.6 Å². The van der Waals surface area contributed by atoms with Crippen molar-refractivity contribution in [2.75, 3.05) is 25.0 Å². The minimum absolute atomic E-state index is 0. The smallest absolute Gasteiger partial charge is 0.191 e. The number of pyridine rings is 1. The minimum Gasteiger partial charge on any atom is -0.369 e. The van der Waals surface area contributed by atoms with E-state index in [4.69, 9.17) is 0 Å². The lowest BCUT2D eigenvalue weighted by atomic mass is 10.2. The van der Waals surface area contributed by atoms with Gasteiger partial charge in [0.05, 0.1) is 12.2 Å². The largest absolute Gasteiger partial charge is 0.369 e. The molecule has 2 heterocycles. The number of halogens is 1. The molecule has 0 bridgehead atoms. The molecule has 2 aromatic rings. The van der Waals surface area contributed by atoms with E-state index in [0.29, 0.717) is 12.6 Å². The second-order valence-corrected chi connectivity index (χ2v) is 6.16. The minimum atomic E-state index is 0. The molecule has 0 aliphatic carbocycles. The number of anilines is 1. The third-order valence-electron chi connectivity index (χ3n) is 4.31. The molecule has 2 N–H and O–H groups in total. The Bertz CT molecular complexity index is 672. The summed E-state index contributed by atoms with van der Waals surface area (Å²) < 4.78 is 0. The molecule has 0 radical (unpaired) electrons. The number of aliphatic imine (C=N–C) groups is 1. The Morgan fingerprint density at radius 1 is 1.24 bits per heavy atom. The molecule has 1 atom stereocenters. The summed E-state index contributed by atoms with van der Waals surface area (Å²) in [6.45, 7) is 4.86. The molecule has 134 valence electrons. The molecule has 1 aliphatic rings. The van der Waals surface area contributed by atoms with E-state index in [-0.39, 0.29) is 24.0 Å². The summed E-state index contributed by atoms with van der Waals surface area (Å²) in [7, 11) is 1.81. The quantitative estimate of drug-likeness (QED) is 0.427. The van der Waals surface area contributed by atoms with Crippen LogP contribution in [0, 0.1) is 6.92 Å². The van der Waals surface area contributed by atoms with Gasteiger partial charge >= 0.3 is 0 Å². The number of hydrogen-bond donors (Lipinski definition) is 2. The van der Waals surface area contributed by atoms with Crippen molar-refractivity contribution in [1.82, 2.24) is 15.6 Å². The van der Waals surface area contributed by atoms with E-state index in [1.165, 1.54) is 11.3 Å². The molecule has 3 rings (SSSR count). The molecule has 25 heavy (non-hydrogen) atoms. The molecule has 1 aromatic heterocycles. The van der Waals surface area contributed by atoms with Crippen LogP contribution in [0.15, 0.2) is 53.7 Å². The molecule has 0 saturated carbocycles. The number of aromatic nitrogens is 1. The zero-order valence-electron chi connectivity index (χ0n) is 14.8. The molecular weight excluding hydrogens is 425 g/mol. The summed E-state index contributed by atoms with van der Waals surface area (Å²) >= 11 is 0. The summed E-state index contributed by atoms with van der Waals surface area (Å²) in [5.74, 6) is 0.830. The number of nitrogens with zero attached hydrogens (tertiary/aromatic N) is 3. The van der Waals surface area contributed by atoms with E-state index in [9.17, 15) is 0 Å². The van der Waals surface area contributed by atoms with Gasteiger partial charge in [-0.1, -0.05) is 23.8 Å². The monoisotopic (exact) mass is 451 g/mol. The van der Waals surface area contributed by atoms with Crippen molar-refractivity contribution in [3.63, 3.8) is 0 Å². The van der Waals surface area contributed by atoms with Crippen molar-refractivity contribution in [1.29, 1.82) is 0 Å². The van der Waals surface area contributed by atoms with Crippen LogP contribution >= 0.6 is 24.0 Å². The Balaban J connectivity index is 0.00000225. The summed E-state index contributed by atoms with van der Waals surface area (Å²) in [5, 5.41) is 6.85. The van der Waals surface area contributed by atoms with Crippen molar-refractivity contribution in [2.24, 2.45) is 4.99 Å². The van der Waals surface area contributed by atoms with Crippen molar-refractivity contribution in [2.45, 2.75) is 25.9 Å². The summed E-state index contributed by atoms with van der Waals surface area (Å²) in [4.78, 5) is 11.1. The second kappa shape index (κ2) is 9.60. The number of guanidine groups is 1. The van der Waals surface area contributed by atoms with Crippen LogP contribution in [0.4, 0.5) is 5.69 Å². The predicted molar refractivity (Wildman–Crippen MR) is 115 cm³/mol. The fourth-order valence-corrected chi connectivity index (χ4v) is 2.93. The SMILES string of the molecule is CN=C(NCc1ccccn1)NC1CCN(c2ccc(C)cc2)C1.I. The van der Waals surface area contributed by atoms with Crippen LogP contribution in [0.1, 0.15) is 17.7 Å². The fraction of sp³-hybridized carbons (Fsp3) is 0.368. The highest BCUT2D eigenvalue weighted by Gasteiger charge is 2.23. The third kappa shape index (κ3) is 5.59. The molecule has 6 heteroatoms. The zero-order valence-corrected chi connectivity index (χ0v) is 17.1. The molecule has 0 spiro atoms. The highest BCUT2D eigenvalue weighted by molar-refractivity contribution is 14.0. The van der Waals surface area contributed by atoms with E-state index in [1.54, 1.807) is 7.05 Å². The van der Waals surface area contributed by atoms with Gasteiger partial charge in [-0.3, -0.25) is 9.98 Å². The number of nitrogens with one attached hydrogen (secondary N) is 2. The number of hydrogen-bond acceptors (Lipinski definition) is 3. The Labute approximate surface area is 167 Å². The van der Waals surface area contributed by atoms with Crippen LogP contribution in [-0.4, -0.2) is 37.1 Å². The maximum Gasteiger partial charge on any atom is 0.191 e. The molecule has 1 aromatic carbocycles. The lowest BCUT2D eigenvalue weighted by Gasteiger charge is -2.20. The van der Waals surface area contributed by atoms with Crippen molar-refractivity contribution in [3.05, 3.63) is 59.9 Å². The van der Waals surface area contributed by atoms with Gasteiger partial charge < -0.3 is 15.5 Å². The lowest BCUT2D eigenvalue weighted by molar-refractivity contribution is 0.647. The van der Waals surface area contributed by atoms with E-state index < -0.39 is 0 Å². The van der Waals surface area contributed by atoms with E-state index in [2.05, 4.69) is 56.7 Å². The van der Waals surface area contributed by atoms with E-state index in [0.717, 1.165) is 31.2 Å². The Morgan fingerprint density at radius 3 is 2.72 bits per heavy atom. The summed E-state index contributed by atoms with van der Waals surface area (Å²) in [6, 6.07) is 15.1. The second-order valence-electron chi connectivity index (χ2n) is 6.16. The zero-order chi connectivity index (χ0) is 16.8. The van der Waals surface area contributed by atoms with Gasteiger partial charge in [-0.05, 0) is 37.6 Å². The first-order valence-corrected chi connectivity index (χ1v) is 8.43. The molecule has 0 amide bonds. The standard InChI is InChI=1S/C19H25N5.HI/c1-15-6-8-18(9-7-15)24-12-10-17(14-24)23-19(20-2)22-13-16-5-3-4-11-21-16;/h3-9,11,17H,10,12-14H2,1-2H3,(H2,20,22,23);1H. The van der Waals surface area contributed by atoms with Crippen LogP contribution < -0.4 is 15.5 Å². The molecule has 1 unspecified atom stereocenters. The Hall–Kier alpha value is -1.83.